The average Bonchev–Trinajstić information content (AvgIpc) is 2.94. The molecule has 2 amide bonds. The molecular formula is C18H20F2N2O5S. The number of hydrogen-bond donors (Lipinski definition) is 1. The molecule has 0 aromatic heterocycles. The van der Waals surface area contributed by atoms with Gasteiger partial charge in [0.2, 0.25) is 0 Å². The molecule has 28 heavy (non-hydrogen) atoms. The van der Waals surface area contributed by atoms with Gasteiger partial charge < -0.3 is 10.1 Å². The van der Waals surface area contributed by atoms with Crippen LogP contribution < -0.4 is 5.32 Å². The molecule has 2 aliphatic heterocycles. The number of nitrogens with one attached hydrogen (secondary N) is 1. The molecule has 1 N–H and O–H groups in total. The van der Waals surface area contributed by atoms with E-state index in [1.165, 1.54) is 11.8 Å². The lowest BCUT2D eigenvalue weighted by molar-refractivity contribution is -0.139. The van der Waals surface area contributed by atoms with Crippen LogP contribution in [0, 0.1) is 11.6 Å². The predicted octanol–water partition coefficient (Wildman–Crippen LogP) is 2.06. The second-order valence-corrected chi connectivity index (χ2v) is 8.92. The molecule has 7 nitrogen and oxygen atoms in total. The minimum Gasteiger partial charge on any atom is -0.463 e. The van der Waals surface area contributed by atoms with Gasteiger partial charge in [0.1, 0.15) is 11.6 Å². The highest BCUT2D eigenvalue weighted by Crippen LogP contribution is 2.35. The van der Waals surface area contributed by atoms with E-state index in [4.69, 9.17) is 4.74 Å². The largest absolute Gasteiger partial charge is 0.463 e. The molecule has 0 saturated carbocycles. The van der Waals surface area contributed by atoms with Crippen LogP contribution in [0.15, 0.2) is 29.5 Å². The summed E-state index contributed by atoms with van der Waals surface area (Å²) in [6.07, 6.45) is 0.235. The molecule has 2 heterocycles. The number of hydrogen-bond acceptors (Lipinski definition) is 5. The number of ether oxygens (including phenoxy) is 1. The summed E-state index contributed by atoms with van der Waals surface area (Å²) in [6, 6.07) is 0.377. The van der Waals surface area contributed by atoms with Gasteiger partial charge in [0.05, 0.1) is 35.8 Å². The molecule has 2 aliphatic rings. The van der Waals surface area contributed by atoms with E-state index < -0.39 is 45.6 Å². The van der Waals surface area contributed by atoms with Gasteiger partial charge >= 0.3 is 12.0 Å². The van der Waals surface area contributed by atoms with Gasteiger partial charge in [-0.3, -0.25) is 4.90 Å². The summed E-state index contributed by atoms with van der Waals surface area (Å²) in [5, 5.41) is 2.54. The van der Waals surface area contributed by atoms with Crippen molar-refractivity contribution in [3.05, 3.63) is 46.7 Å². The average molecular weight is 414 g/mol. The van der Waals surface area contributed by atoms with E-state index in [0.29, 0.717) is 6.07 Å². The number of allylic oxidation sites excluding steroid dienone is 1. The van der Waals surface area contributed by atoms with Crippen LogP contribution in [0.5, 0.6) is 0 Å². The Morgan fingerprint density at radius 3 is 2.64 bits per heavy atom. The number of benzene rings is 1. The molecule has 1 aromatic carbocycles. The summed E-state index contributed by atoms with van der Waals surface area (Å²) in [5.74, 6) is -2.75. The fourth-order valence-electron chi connectivity index (χ4n) is 3.62. The van der Waals surface area contributed by atoms with Crippen molar-refractivity contribution in [3.8, 4) is 0 Å². The zero-order valence-electron chi connectivity index (χ0n) is 15.4. The first kappa shape index (κ1) is 20.2. The van der Waals surface area contributed by atoms with Crippen LogP contribution in [0.1, 0.15) is 31.9 Å². The van der Waals surface area contributed by atoms with Crippen LogP contribution in [0.3, 0.4) is 0 Å². The topological polar surface area (TPSA) is 92.8 Å². The Morgan fingerprint density at radius 1 is 1.36 bits per heavy atom. The Labute approximate surface area is 161 Å². The van der Waals surface area contributed by atoms with Crippen molar-refractivity contribution < 1.29 is 31.5 Å². The number of amides is 2. The van der Waals surface area contributed by atoms with Gasteiger partial charge in [0.15, 0.2) is 9.84 Å². The fraction of sp³-hybridized carbons (Fsp3) is 0.444. The van der Waals surface area contributed by atoms with E-state index in [1.807, 2.05) is 0 Å². The molecule has 10 heteroatoms. The van der Waals surface area contributed by atoms with Gasteiger partial charge in [-0.1, -0.05) is 6.07 Å². The maximum atomic E-state index is 14.4. The Morgan fingerprint density at radius 2 is 2.07 bits per heavy atom. The van der Waals surface area contributed by atoms with Crippen molar-refractivity contribution >= 4 is 21.8 Å². The first-order valence-corrected chi connectivity index (χ1v) is 10.6. The molecule has 0 bridgehead atoms. The Kier molecular flexibility index (Phi) is 5.42. The Bertz CT molecular complexity index is 961. The highest BCUT2D eigenvalue weighted by atomic mass is 32.2. The summed E-state index contributed by atoms with van der Waals surface area (Å²) in [5.41, 5.74) is 0.0881. The highest BCUT2D eigenvalue weighted by Gasteiger charge is 2.43. The fourth-order valence-corrected chi connectivity index (χ4v) is 5.32. The van der Waals surface area contributed by atoms with Crippen LogP contribution in [-0.2, 0) is 19.4 Å². The third-order valence-electron chi connectivity index (χ3n) is 4.87. The quantitative estimate of drug-likeness (QED) is 0.762. The van der Waals surface area contributed by atoms with Gasteiger partial charge in [-0.2, -0.15) is 0 Å². The summed E-state index contributed by atoms with van der Waals surface area (Å²) < 4.78 is 56.4. The molecule has 1 aromatic rings. The lowest BCUT2D eigenvalue weighted by atomic mass is 9.93. The number of halogens is 2. The summed E-state index contributed by atoms with van der Waals surface area (Å²) >= 11 is 0. The zero-order valence-corrected chi connectivity index (χ0v) is 16.2. The van der Waals surface area contributed by atoms with Crippen LogP contribution in [0.2, 0.25) is 0 Å². The first-order chi connectivity index (χ1) is 13.1. The van der Waals surface area contributed by atoms with Gasteiger partial charge in [-0.15, -0.1) is 0 Å². The minimum absolute atomic E-state index is 0.0174. The first-order valence-electron chi connectivity index (χ1n) is 8.77. The van der Waals surface area contributed by atoms with Crippen molar-refractivity contribution in [2.75, 3.05) is 18.1 Å². The van der Waals surface area contributed by atoms with Gasteiger partial charge in [0, 0.05) is 17.3 Å². The molecule has 0 radical (unpaired) electrons. The summed E-state index contributed by atoms with van der Waals surface area (Å²) in [4.78, 5) is 26.5. The lowest BCUT2D eigenvalue weighted by Gasteiger charge is -2.38. The molecule has 1 saturated heterocycles. The lowest BCUT2D eigenvalue weighted by Crippen LogP contribution is -2.52. The number of rotatable bonds is 4. The van der Waals surface area contributed by atoms with Gasteiger partial charge in [0.25, 0.3) is 0 Å². The standard InChI is InChI=1S/C18H20F2N2O5S/c1-3-27-17(23)15-10(2)22(12-6-7-28(25,26)9-12)18(24)21-16(15)13-5-4-11(19)8-14(13)20/h4-5,8,12,16H,3,6-7,9H2,1-2H3,(H,21,24)/t12-,16+/m0/s1. The van der Waals surface area contributed by atoms with E-state index in [2.05, 4.69) is 5.32 Å². The van der Waals surface area contributed by atoms with Crippen molar-refractivity contribution in [1.29, 1.82) is 0 Å². The molecule has 152 valence electrons. The van der Waals surface area contributed by atoms with Crippen LogP contribution in [0.25, 0.3) is 0 Å². The minimum atomic E-state index is -3.28. The number of carbonyl (C=O) groups is 2. The van der Waals surface area contributed by atoms with Crippen LogP contribution in [0.4, 0.5) is 13.6 Å². The van der Waals surface area contributed by atoms with Crippen molar-refractivity contribution in [2.45, 2.75) is 32.4 Å². The predicted molar refractivity (Wildman–Crippen MR) is 95.9 cm³/mol. The Balaban J connectivity index is 2.09. The van der Waals surface area contributed by atoms with Crippen LogP contribution in [-0.4, -0.2) is 49.5 Å². The van der Waals surface area contributed by atoms with E-state index in [1.54, 1.807) is 6.92 Å². The molecule has 1 fully saturated rings. The van der Waals surface area contributed by atoms with Crippen LogP contribution >= 0.6 is 0 Å². The van der Waals surface area contributed by atoms with Crippen molar-refractivity contribution in [1.82, 2.24) is 10.2 Å². The third-order valence-corrected chi connectivity index (χ3v) is 6.62. The molecule has 0 aliphatic carbocycles. The summed E-state index contributed by atoms with van der Waals surface area (Å²) in [7, 11) is -3.28. The normalized spacial score (nSPS) is 24.3. The van der Waals surface area contributed by atoms with E-state index in [-0.39, 0.29) is 41.4 Å². The smallest absolute Gasteiger partial charge is 0.338 e. The molecule has 3 rings (SSSR count). The third kappa shape index (κ3) is 3.73. The van der Waals surface area contributed by atoms with Crippen molar-refractivity contribution in [2.24, 2.45) is 0 Å². The molecule has 2 atom stereocenters. The number of esters is 1. The number of nitrogens with zero attached hydrogens (tertiary/aromatic N) is 1. The van der Waals surface area contributed by atoms with E-state index in [9.17, 15) is 26.8 Å². The monoisotopic (exact) mass is 414 g/mol. The van der Waals surface area contributed by atoms with Crippen molar-refractivity contribution in [3.63, 3.8) is 0 Å². The van der Waals surface area contributed by atoms with E-state index >= 15 is 0 Å². The highest BCUT2D eigenvalue weighted by molar-refractivity contribution is 7.91. The number of carbonyl (C=O) groups excluding carboxylic acids is 2. The van der Waals surface area contributed by atoms with E-state index in [0.717, 1.165) is 12.1 Å². The SMILES string of the molecule is CCOC(=O)C1=C(C)N([C@H]2CCS(=O)(=O)C2)C(=O)N[C@@H]1c1ccc(F)cc1F. The summed E-state index contributed by atoms with van der Waals surface area (Å²) in [6.45, 7) is 3.15. The maximum Gasteiger partial charge on any atom is 0.338 e. The maximum absolute atomic E-state index is 14.4. The molecule has 0 spiro atoms. The molecular weight excluding hydrogens is 394 g/mol. The number of sulfone groups is 1. The second-order valence-electron chi connectivity index (χ2n) is 6.69. The second kappa shape index (κ2) is 7.50. The van der Waals surface area contributed by atoms with Gasteiger partial charge in [-0.25, -0.2) is 26.8 Å². The zero-order chi connectivity index (χ0) is 20.6. The Hall–Kier alpha value is -2.49. The molecule has 0 unspecified atom stereocenters. The number of urea groups is 1. The van der Waals surface area contributed by atoms with Gasteiger partial charge in [-0.05, 0) is 26.3 Å².